The van der Waals surface area contributed by atoms with E-state index in [2.05, 4.69) is 38.0 Å². The van der Waals surface area contributed by atoms with Crippen molar-refractivity contribution in [2.45, 2.75) is 53.4 Å². The number of rotatable bonds is 11. The fraction of sp³-hybridized carbons (Fsp3) is 0.480. The lowest BCUT2D eigenvalue weighted by molar-refractivity contribution is 0.309. The van der Waals surface area contributed by atoms with E-state index in [9.17, 15) is 0 Å². The molecule has 0 fully saturated rings. The molecule has 1 heterocycles. The quantitative estimate of drug-likeness (QED) is 0.366. The molecule has 0 aliphatic heterocycles. The van der Waals surface area contributed by atoms with Gasteiger partial charge < -0.3 is 19.2 Å². The Balaban J connectivity index is 0.00000101. The first-order valence-electron chi connectivity index (χ1n) is 11.2. The van der Waals surface area contributed by atoms with Gasteiger partial charge in [0.05, 0.1) is 13.2 Å². The molecule has 5 nitrogen and oxygen atoms in total. The normalized spacial score (nSPS) is 10.5. The number of ether oxygens (including phenoxy) is 2. The maximum atomic E-state index is 5.93. The van der Waals surface area contributed by atoms with Crippen LogP contribution in [0.5, 0.6) is 11.5 Å². The lowest BCUT2D eigenvalue weighted by Crippen LogP contribution is -2.16. The molecule has 0 saturated carbocycles. The third-order valence-corrected chi connectivity index (χ3v) is 4.24. The van der Waals surface area contributed by atoms with Crippen LogP contribution in [0.4, 0.5) is 0 Å². The molecular formula is C25H36N2O3. The molecule has 0 aliphatic rings. The van der Waals surface area contributed by atoms with Crippen LogP contribution in [0, 0.1) is 0 Å². The van der Waals surface area contributed by atoms with E-state index in [1.807, 2.05) is 42.5 Å². The first kappa shape index (κ1) is 23.7. The van der Waals surface area contributed by atoms with Crippen LogP contribution in [0.25, 0.3) is 22.6 Å². The van der Waals surface area contributed by atoms with Gasteiger partial charge in [-0.15, -0.1) is 0 Å². The van der Waals surface area contributed by atoms with Gasteiger partial charge in [-0.3, -0.25) is 0 Å². The van der Waals surface area contributed by atoms with Gasteiger partial charge in [-0.05, 0) is 62.3 Å². The van der Waals surface area contributed by atoms with Crippen molar-refractivity contribution in [2.24, 2.45) is 0 Å². The van der Waals surface area contributed by atoms with E-state index in [1.165, 1.54) is 6.42 Å². The van der Waals surface area contributed by atoms with Crippen molar-refractivity contribution in [1.29, 1.82) is 0 Å². The molecule has 0 saturated heterocycles. The predicted octanol–water partition coefficient (Wildman–Crippen LogP) is 6.47. The molecular weight excluding hydrogens is 376 g/mol. The molecule has 3 aromatic rings. The molecule has 0 radical (unpaired) electrons. The number of nitrogens with one attached hydrogen (secondary N) is 1. The van der Waals surface area contributed by atoms with Crippen molar-refractivity contribution in [2.75, 3.05) is 26.3 Å². The molecule has 164 valence electrons. The summed E-state index contributed by atoms with van der Waals surface area (Å²) in [5.74, 6) is 2.28. The Labute approximate surface area is 180 Å². The monoisotopic (exact) mass is 412 g/mol. The summed E-state index contributed by atoms with van der Waals surface area (Å²) in [7, 11) is 0. The summed E-state index contributed by atoms with van der Waals surface area (Å²) in [6.45, 7) is 11.9. The summed E-state index contributed by atoms with van der Waals surface area (Å²) in [5, 5.41) is 3.29. The Bertz CT molecular complexity index is 843. The average Bonchev–Trinajstić information content (AvgIpc) is 3.18. The number of benzene rings is 2. The highest BCUT2D eigenvalue weighted by atomic mass is 16.5. The van der Waals surface area contributed by atoms with Crippen LogP contribution in [0.15, 0.2) is 46.9 Å². The summed E-state index contributed by atoms with van der Waals surface area (Å²) >= 11 is 0. The summed E-state index contributed by atoms with van der Waals surface area (Å²) in [6.07, 6.45) is 4.41. The van der Waals surface area contributed by atoms with Crippen molar-refractivity contribution >= 4 is 11.1 Å². The van der Waals surface area contributed by atoms with E-state index < -0.39 is 0 Å². The Morgan fingerprint density at radius 1 is 0.867 bits per heavy atom. The highest BCUT2D eigenvalue weighted by Crippen LogP contribution is 2.28. The zero-order valence-corrected chi connectivity index (χ0v) is 18.9. The molecule has 3 rings (SSSR count). The van der Waals surface area contributed by atoms with Gasteiger partial charge in [0.15, 0.2) is 5.58 Å². The number of aromatic nitrogens is 1. The van der Waals surface area contributed by atoms with Crippen molar-refractivity contribution in [3.63, 3.8) is 0 Å². The van der Waals surface area contributed by atoms with Crippen LogP contribution < -0.4 is 14.8 Å². The molecule has 0 amide bonds. The molecule has 0 spiro atoms. The average molecular weight is 413 g/mol. The lowest BCUT2D eigenvalue weighted by atomic mass is 10.2. The van der Waals surface area contributed by atoms with Crippen LogP contribution in [-0.2, 0) is 0 Å². The molecule has 0 aliphatic carbocycles. The molecule has 0 unspecified atom stereocenters. The Morgan fingerprint density at radius 3 is 2.23 bits per heavy atom. The van der Waals surface area contributed by atoms with Gasteiger partial charge in [-0.1, -0.05) is 40.5 Å². The fourth-order valence-electron chi connectivity index (χ4n) is 2.71. The van der Waals surface area contributed by atoms with Crippen molar-refractivity contribution in [3.05, 3.63) is 42.5 Å². The minimum Gasteiger partial charge on any atom is -0.494 e. The van der Waals surface area contributed by atoms with Crippen molar-refractivity contribution in [3.8, 4) is 23.0 Å². The van der Waals surface area contributed by atoms with E-state index in [0.717, 1.165) is 67.1 Å². The molecule has 2 aromatic carbocycles. The van der Waals surface area contributed by atoms with Gasteiger partial charge in [0.25, 0.3) is 0 Å². The topological polar surface area (TPSA) is 56.5 Å². The number of hydrogen-bond donors (Lipinski definition) is 1. The molecule has 1 N–H and O–H groups in total. The van der Waals surface area contributed by atoms with Crippen LogP contribution in [-0.4, -0.2) is 31.3 Å². The van der Waals surface area contributed by atoms with Crippen LogP contribution >= 0.6 is 0 Å². The molecule has 0 atom stereocenters. The van der Waals surface area contributed by atoms with Crippen molar-refractivity contribution in [1.82, 2.24) is 10.3 Å². The van der Waals surface area contributed by atoms with E-state index >= 15 is 0 Å². The van der Waals surface area contributed by atoms with E-state index in [-0.39, 0.29) is 0 Å². The summed E-state index contributed by atoms with van der Waals surface area (Å²) in [5.41, 5.74) is 2.49. The molecule has 30 heavy (non-hydrogen) atoms. The largest absolute Gasteiger partial charge is 0.494 e. The summed E-state index contributed by atoms with van der Waals surface area (Å²) in [4.78, 5) is 4.58. The third kappa shape index (κ3) is 7.71. The second kappa shape index (κ2) is 13.6. The summed E-state index contributed by atoms with van der Waals surface area (Å²) in [6, 6.07) is 13.6. The van der Waals surface area contributed by atoms with Gasteiger partial charge in [0.2, 0.25) is 5.89 Å². The number of unbranched alkanes of at least 4 members (excludes halogenated alkanes) is 1. The van der Waals surface area contributed by atoms with Crippen molar-refractivity contribution < 1.29 is 13.9 Å². The Hall–Kier alpha value is -2.53. The molecule has 1 aromatic heterocycles. The first-order chi connectivity index (χ1) is 14.7. The Morgan fingerprint density at radius 2 is 1.53 bits per heavy atom. The third-order valence-electron chi connectivity index (χ3n) is 4.24. The lowest BCUT2D eigenvalue weighted by Gasteiger charge is -2.05. The van der Waals surface area contributed by atoms with Crippen LogP contribution in [0.1, 0.15) is 53.4 Å². The highest BCUT2D eigenvalue weighted by Gasteiger charge is 2.09. The number of hydrogen-bond acceptors (Lipinski definition) is 5. The summed E-state index contributed by atoms with van der Waals surface area (Å²) < 4.78 is 17.4. The zero-order chi connectivity index (χ0) is 21.6. The maximum absolute atomic E-state index is 5.93. The standard InChI is InChI=1S/C22H28N2O3.C3H8/c1-3-5-14-25-18-9-7-17(8-10-18)22-24-20-12-11-19(16-21(20)27-22)26-15-6-13-23-4-2;1-3-2/h7-12,16,23H,3-6,13-15H2,1-2H3;3H2,1-2H3. The number of oxazole rings is 1. The van der Waals surface area contributed by atoms with E-state index in [0.29, 0.717) is 12.5 Å². The fourth-order valence-corrected chi connectivity index (χ4v) is 2.71. The highest BCUT2D eigenvalue weighted by molar-refractivity contribution is 5.77. The van der Waals surface area contributed by atoms with Gasteiger partial charge in [0.1, 0.15) is 17.0 Å². The smallest absolute Gasteiger partial charge is 0.227 e. The SMILES string of the molecule is CCC.CCCCOc1ccc(-c2nc3ccc(OCCCNCC)cc3o2)cc1. The molecule has 0 bridgehead atoms. The van der Waals surface area contributed by atoms with Gasteiger partial charge >= 0.3 is 0 Å². The number of fused-ring (bicyclic) bond motifs is 1. The Kier molecular flexibility index (Phi) is 10.8. The zero-order valence-electron chi connectivity index (χ0n) is 18.9. The van der Waals surface area contributed by atoms with E-state index in [1.54, 1.807) is 0 Å². The van der Waals surface area contributed by atoms with Crippen LogP contribution in [0.3, 0.4) is 0 Å². The first-order valence-corrected chi connectivity index (χ1v) is 11.2. The van der Waals surface area contributed by atoms with Gasteiger partial charge in [-0.2, -0.15) is 0 Å². The second-order valence-electron chi connectivity index (χ2n) is 7.14. The van der Waals surface area contributed by atoms with E-state index in [4.69, 9.17) is 13.9 Å². The molecule has 5 heteroatoms. The minimum atomic E-state index is 0.606. The van der Waals surface area contributed by atoms with Gasteiger partial charge in [-0.25, -0.2) is 4.98 Å². The predicted molar refractivity (Wildman–Crippen MR) is 124 cm³/mol. The maximum Gasteiger partial charge on any atom is 0.227 e. The minimum absolute atomic E-state index is 0.606. The second-order valence-corrected chi connectivity index (χ2v) is 7.14. The van der Waals surface area contributed by atoms with Gasteiger partial charge in [0, 0.05) is 11.6 Å². The van der Waals surface area contributed by atoms with Crippen LogP contribution in [0.2, 0.25) is 0 Å². The number of nitrogens with zero attached hydrogens (tertiary/aromatic N) is 1.